The first-order valence-corrected chi connectivity index (χ1v) is 3.56. The Hall–Kier alpha value is -0.240. The molecule has 1 saturated heterocycles. The van der Waals surface area contributed by atoms with Gasteiger partial charge in [0, 0.05) is 0 Å². The third-order valence-electron chi connectivity index (χ3n) is 1.84. The zero-order valence-electron chi connectivity index (χ0n) is 6.24. The van der Waals surface area contributed by atoms with Crippen LogP contribution in [0.3, 0.4) is 0 Å². The van der Waals surface area contributed by atoms with E-state index in [0.717, 1.165) is 0 Å². The van der Waals surface area contributed by atoms with Gasteiger partial charge in [0.1, 0.15) is 24.4 Å². The summed E-state index contributed by atoms with van der Waals surface area (Å²) in [6, 6.07) is 0. The molecule has 6 heteroatoms. The Balaban J connectivity index is 2.58. The summed E-state index contributed by atoms with van der Waals surface area (Å²) in [4.78, 5) is 0. The Morgan fingerprint density at radius 3 is 2.08 bits per heavy atom. The number of hydrogen-bond donors (Lipinski definition) is 5. The summed E-state index contributed by atoms with van der Waals surface area (Å²) in [6.07, 6.45) is -6.75. The lowest BCUT2D eigenvalue weighted by Crippen LogP contribution is -2.40. The van der Waals surface area contributed by atoms with Crippen LogP contribution >= 0.6 is 0 Å². The Labute approximate surface area is 68.6 Å². The molecule has 0 aromatic rings. The fourth-order valence-electron chi connectivity index (χ4n) is 1.11. The van der Waals surface area contributed by atoms with Gasteiger partial charge in [-0.05, 0) is 0 Å². The molecule has 1 aliphatic heterocycles. The van der Waals surface area contributed by atoms with Crippen molar-refractivity contribution in [1.82, 2.24) is 0 Å². The Morgan fingerprint density at radius 2 is 1.75 bits per heavy atom. The molecule has 0 aromatic heterocycles. The van der Waals surface area contributed by atoms with Crippen LogP contribution in [0.15, 0.2) is 0 Å². The van der Waals surface area contributed by atoms with Crippen molar-refractivity contribution >= 4 is 0 Å². The number of aliphatic hydroxyl groups excluding tert-OH is 5. The highest BCUT2D eigenvalue weighted by molar-refractivity contribution is 4.89. The van der Waals surface area contributed by atoms with Gasteiger partial charge in [-0.2, -0.15) is 0 Å². The molecule has 1 aliphatic rings. The van der Waals surface area contributed by atoms with Crippen LogP contribution in [0.25, 0.3) is 0 Å². The summed E-state index contributed by atoms with van der Waals surface area (Å²) in [7, 11) is 0. The lowest BCUT2D eigenvalue weighted by Gasteiger charge is -2.18. The van der Waals surface area contributed by atoms with Gasteiger partial charge < -0.3 is 30.3 Å². The Bertz CT molecular complexity index is 151. The van der Waals surface area contributed by atoms with Gasteiger partial charge in [0.05, 0.1) is 6.61 Å². The van der Waals surface area contributed by atoms with Gasteiger partial charge in [-0.25, -0.2) is 0 Å². The lowest BCUT2D eigenvalue weighted by atomic mass is 10.1. The van der Waals surface area contributed by atoms with Crippen molar-refractivity contribution in [3.05, 3.63) is 0 Å². The van der Waals surface area contributed by atoms with E-state index in [1.807, 2.05) is 0 Å². The van der Waals surface area contributed by atoms with E-state index in [1.54, 1.807) is 0 Å². The van der Waals surface area contributed by atoms with Gasteiger partial charge >= 0.3 is 0 Å². The molecule has 5 N–H and O–H groups in total. The van der Waals surface area contributed by atoms with E-state index in [9.17, 15) is 0 Å². The van der Waals surface area contributed by atoms with Crippen molar-refractivity contribution in [1.29, 1.82) is 0 Å². The molecule has 1 rings (SSSR count). The molecule has 72 valence electrons. The molecular weight excluding hydrogens is 168 g/mol. The van der Waals surface area contributed by atoms with E-state index >= 15 is 0 Å². The molecule has 12 heavy (non-hydrogen) atoms. The first-order valence-electron chi connectivity index (χ1n) is 3.56. The minimum atomic E-state index is -1.51. The number of ether oxygens (including phenoxy) is 1. The molecular formula is C6H12O6. The maximum atomic E-state index is 9.12. The highest BCUT2D eigenvalue weighted by Crippen LogP contribution is 2.21. The highest BCUT2D eigenvalue weighted by Gasteiger charge is 2.44. The summed E-state index contributed by atoms with van der Waals surface area (Å²) in [6.45, 7) is -0.596. The average molecular weight is 180 g/mol. The van der Waals surface area contributed by atoms with Gasteiger partial charge in [-0.15, -0.1) is 0 Å². The Kier molecular flexibility index (Phi) is 2.99. The highest BCUT2D eigenvalue weighted by atomic mass is 16.6. The van der Waals surface area contributed by atoms with Crippen LogP contribution in [0.2, 0.25) is 0 Å². The maximum Gasteiger partial charge on any atom is 0.184 e. The molecule has 5 atom stereocenters. The van der Waals surface area contributed by atoms with Crippen LogP contribution in [0.5, 0.6) is 0 Å². The summed E-state index contributed by atoms with van der Waals surface area (Å²) in [5.74, 6) is 0. The second-order valence-electron chi connectivity index (χ2n) is 2.72. The standard InChI is InChI=1S/C6H12O6/c7-1-2(8)5-3(9)4(10)6(11)12-5/h2-11H,1H2/t2-,3+,4-,5+,6?/m1/s1. The fourth-order valence-corrected chi connectivity index (χ4v) is 1.11. The fraction of sp³-hybridized carbons (Fsp3) is 1.00. The maximum absolute atomic E-state index is 9.12. The van der Waals surface area contributed by atoms with Crippen LogP contribution in [-0.2, 0) is 4.74 Å². The zero-order valence-corrected chi connectivity index (χ0v) is 6.24. The molecule has 6 nitrogen and oxygen atoms in total. The van der Waals surface area contributed by atoms with E-state index in [1.165, 1.54) is 0 Å². The molecule has 0 spiro atoms. The molecule has 0 aliphatic carbocycles. The molecule has 1 unspecified atom stereocenters. The van der Waals surface area contributed by atoms with Gasteiger partial charge in [0.2, 0.25) is 0 Å². The summed E-state index contributed by atoms with van der Waals surface area (Å²) < 4.78 is 4.58. The normalized spacial score (nSPS) is 44.8. The average Bonchev–Trinajstić information content (AvgIpc) is 2.32. The quantitative estimate of drug-likeness (QED) is 0.306. The largest absolute Gasteiger partial charge is 0.394 e. The monoisotopic (exact) mass is 180 g/mol. The topological polar surface area (TPSA) is 110 Å². The smallest absolute Gasteiger partial charge is 0.184 e. The molecule has 1 heterocycles. The predicted octanol–water partition coefficient (Wildman–Crippen LogP) is -3.22. The van der Waals surface area contributed by atoms with Crippen molar-refractivity contribution in [2.75, 3.05) is 6.61 Å². The van der Waals surface area contributed by atoms with Crippen LogP contribution in [0.1, 0.15) is 0 Å². The second-order valence-corrected chi connectivity index (χ2v) is 2.72. The van der Waals surface area contributed by atoms with Gasteiger partial charge in [-0.3, -0.25) is 0 Å². The van der Waals surface area contributed by atoms with E-state index in [4.69, 9.17) is 25.5 Å². The van der Waals surface area contributed by atoms with Crippen molar-refractivity contribution in [3.8, 4) is 0 Å². The predicted molar refractivity (Wildman–Crippen MR) is 36.0 cm³/mol. The summed E-state index contributed by atoms with van der Waals surface area (Å²) in [5, 5.41) is 44.4. The van der Waals surface area contributed by atoms with Crippen LogP contribution in [0, 0.1) is 0 Å². The van der Waals surface area contributed by atoms with E-state index in [2.05, 4.69) is 4.74 Å². The molecule has 0 bridgehead atoms. The third kappa shape index (κ3) is 1.58. The number of aliphatic hydroxyl groups is 5. The van der Waals surface area contributed by atoms with Crippen molar-refractivity contribution in [3.63, 3.8) is 0 Å². The van der Waals surface area contributed by atoms with E-state index in [-0.39, 0.29) is 0 Å². The molecule has 0 radical (unpaired) electrons. The van der Waals surface area contributed by atoms with Gasteiger partial charge in [0.25, 0.3) is 0 Å². The van der Waals surface area contributed by atoms with Gasteiger partial charge in [-0.1, -0.05) is 0 Å². The Morgan fingerprint density at radius 1 is 1.17 bits per heavy atom. The van der Waals surface area contributed by atoms with Crippen molar-refractivity contribution in [2.45, 2.75) is 30.7 Å². The van der Waals surface area contributed by atoms with Crippen LogP contribution in [-0.4, -0.2) is 62.8 Å². The summed E-state index contributed by atoms with van der Waals surface area (Å²) >= 11 is 0. The van der Waals surface area contributed by atoms with Crippen molar-refractivity contribution < 1.29 is 30.3 Å². The molecule has 0 aromatic carbocycles. The lowest BCUT2D eigenvalue weighted by molar-refractivity contribution is -0.150. The van der Waals surface area contributed by atoms with Crippen LogP contribution in [0.4, 0.5) is 0 Å². The van der Waals surface area contributed by atoms with Crippen LogP contribution < -0.4 is 0 Å². The minimum Gasteiger partial charge on any atom is -0.394 e. The number of rotatable bonds is 2. The minimum absolute atomic E-state index is 0.596. The third-order valence-corrected chi connectivity index (χ3v) is 1.84. The molecule has 0 saturated carbocycles. The molecule has 1 fully saturated rings. The van der Waals surface area contributed by atoms with Gasteiger partial charge in [0.15, 0.2) is 6.29 Å². The number of hydrogen-bond acceptors (Lipinski definition) is 6. The molecule has 0 amide bonds. The van der Waals surface area contributed by atoms with E-state index in [0.29, 0.717) is 0 Å². The van der Waals surface area contributed by atoms with Crippen molar-refractivity contribution in [2.24, 2.45) is 0 Å². The SMILES string of the molecule is OC[C@@H](O)[C@@H]1OC(O)[C@H](O)[C@@H]1O. The van der Waals surface area contributed by atoms with E-state index < -0.39 is 37.3 Å². The summed E-state index contributed by atoms with van der Waals surface area (Å²) in [5.41, 5.74) is 0. The first kappa shape index (κ1) is 9.85. The zero-order chi connectivity index (χ0) is 9.30. The first-order chi connectivity index (χ1) is 5.57. The second kappa shape index (κ2) is 3.65.